The Balaban J connectivity index is 2.57. The molecule has 3 N–H and O–H groups in total. The van der Waals surface area contributed by atoms with Crippen molar-refractivity contribution in [3.8, 4) is 5.75 Å². The zero-order chi connectivity index (χ0) is 12.8. The molecular formula is C12H17FN2O2. The van der Waals surface area contributed by atoms with Crippen molar-refractivity contribution in [3.63, 3.8) is 0 Å². The first-order valence-corrected chi connectivity index (χ1v) is 5.43. The van der Waals surface area contributed by atoms with E-state index < -0.39 is 5.82 Å². The van der Waals surface area contributed by atoms with E-state index in [4.69, 9.17) is 10.5 Å². The van der Waals surface area contributed by atoms with Crippen LogP contribution in [0.1, 0.15) is 24.9 Å². The van der Waals surface area contributed by atoms with Crippen LogP contribution < -0.4 is 15.8 Å². The zero-order valence-electron chi connectivity index (χ0n) is 10.00. The largest absolute Gasteiger partial charge is 0.490 e. The summed E-state index contributed by atoms with van der Waals surface area (Å²) in [5, 5.41) is 2.46. The first-order valence-electron chi connectivity index (χ1n) is 5.43. The molecule has 1 rings (SSSR count). The van der Waals surface area contributed by atoms with Gasteiger partial charge in [-0.2, -0.15) is 0 Å². The van der Waals surface area contributed by atoms with Gasteiger partial charge in [0.1, 0.15) is 0 Å². The van der Waals surface area contributed by atoms with Crippen LogP contribution in [0.15, 0.2) is 18.2 Å². The Hall–Kier alpha value is -1.62. The molecule has 0 radical (unpaired) electrons. The molecule has 0 aromatic heterocycles. The second kappa shape index (κ2) is 6.20. The maximum Gasteiger partial charge on any atom is 0.223 e. The fourth-order valence-electron chi connectivity index (χ4n) is 1.30. The van der Waals surface area contributed by atoms with Gasteiger partial charge >= 0.3 is 0 Å². The van der Waals surface area contributed by atoms with E-state index in [1.54, 1.807) is 20.0 Å². The standard InChI is InChI=1S/C12H17FN2O2/c1-8(14)9-3-4-11(10(13)7-9)17-6-5-12(16)15-2/h3-4,7-8H,5-6,14H2,1-2H3,(H,15,16)/t8-/m1/s1. The topological polar surface area (TPSA) is 64.3 Å². The molecule has 17 heavy (non-hydrogen) atoms. The number of rotatable bonds is 5. The van der Waals surface area contributed by atoms with E-state index in [0.29, 0.717) is 5.56 Å². The van der Waals surface area contributed by atoms with E-state index in [9.17, 15) is 9.18 Å². The number of hydrogen-bond acceptors (Lipinski definition) is 3. The van der Waals surface area contributed by atoms with Gasteiger partial charge in [0, 0.05) is 13.1 Å². The van der Waals surface area contributed by atoms with Gasteiger partial charge in [-0.3, -0.25) is 4.79 Å². The number of ether oxygens (including phenoxy) is 1. The zero-order valence-corrected chi connectivity index (χ0v) is 10.00. The van der Waals surface area contributed by atoms with Gasteiger partial charge in [-0.05, 0) is 24.6 Å². The summed E-state index contributed by atoms with van der Waals surface area (Å²) in [5.74, 6) is -0.465. The lowest BCUT2D eigenvalue weighted by molar-refractivity contribution is -0.121. The molecule has 0 heterocycles. The van der Waals surface area contributed by atoms with Gasteiger partial charge < -0.3 is 15.8 Å². The fourth-order valence-corrected chi connectivity index (χ4v) is 1.30. The summed E-state index contributed by atoms with van der Waals surface area (Å²) in [6.07, 6.45) is 0.199. The van der Waals surface area contributed by atoms with Crippen molar-refractivity contribution < 1.29 is 13.9 Å². The Labute approximate surface area is 100.0 Å². The lowest BCUT2D eigenvalue weighted by atomic mass is 10.1. The molecule has 1 aromatic rings. The van der Waals surface area contributed by atoms with Gasteiger partial charge in [0.15, 0.2) is 11.6 Å². The molecule has 0 aliphatic rings. The lowest BCUT2D eigenvalue weighted by Crippen LogP contribution is -2.20. The number of halogens is 1. The molecule has 0 aliphatic carbocycles. The Kier molecular flexibility index (Phi) is 4.90. The average molecular weight is 240 g/mol. The minimum Gasteiger partial charge on any atom is -0.490 e. The van der Waals surface area contributed by atoms with E-state index in [0.717, 1.165) is 0 Å². The van der Waals surface area contributed by atoms with Crippen LogP contribution in [0.3, 0.4) is 0 Å². The number of nitrogens with two attached hydrogens (primary N) is 1. The van der Waals surface area contributed by atoms with Crippen molar-refractivity contribution in [3.05, 3.63) is 29.6 Å². The minimum atomic E-state index is -0.461. The van der Waals surface area contributed by atoms with Crippen LogP contribution in [0, 0.1) is 5.82 Å². The molecule has 1 aromatic carbocycles. The number of carbonyl (C=O) groups is 1. The van der Waals surface area contributed by atoms with Gasteiger partial charge in [-0.1, -0.05) is 6.07 Å². The summed E-state index contributed by atoms with van der Waals surface area (Å²) in [4.78, 5) is 10.9. The van der Waals surface area contributed by atoms with Crippen molar-refractivity contribution >= 4 is 5.91 Å². The second-order valence-corrected chi connectivity index (χ2v) is 3.75. The molecule has 94 valence electrons. The summed E-state index contributed by atoms with van der Waals surface area (Å²) in [7, 11) is 1.54. The highest BCUT2D eigenvalue weighted by atomic mass is 19.1. The Morgan fingerprint density at radius 1 is 1.59 bits per heavy atom. The highest BCUT2D eigenvalue weighted by molar-refractivity contribution is 5.75. The summed E-state index contributed by atoms with van der Waals surface area (Å²) >= 11 is 0. The predicted molar refractivity (Wildman–Crippen MR) is 63.2 cm³/mol. The van der Waals surface area contributed by atoms with Gasteiger partial charge in [0.25, 0.3) is 0 Å². The van der Waals surface area contributed by atoms with Crippen LogP contribution >= 0.6 is 0 Å². The molecule has 0 spiro atoms. The van der Waals surface area contributed by atoms with Crippen molar-refractivity contribution in [2.45, 2.75) is 19.4 Å². The Bertz CT molecular complexity index is 394. The normalized spacial score (nSPS) is 12.0. The summed E-state index contributed by atoms with van der Waals surface area (Å²) < 4.78 is 18.7. The molecule has 0 unspecified atom stereocenters. The van der Waals surface area contributed by atoms with E-state index in [1.165, 1.54) is 12.1 Å². The van der Waals surface area contributed by atoms with Crippen LogP contribution in [-0.4, -0.2) is 19.6 Å². The molecule has 0 saturated carbocycles. The average Bonchev–Trinajstić information content (AvgIpc) is 2.30. The van der Waals surface area contributed by atoms with E-state index in [-0.39, 0.29) is 30.7 Å². The smallest absolute Gasteiger partial charge is 0.223 e. The number of carbonyl (C=O) groups excluding carboxylic acids is 1. The number of benzene rings is 1. The van der Waals surface area contributed by atoms with Gasteiger partial charge in [-0.25, -0.2) is 4.39 Å². The Morgan fingerprint density at radius 2 is 2.29 bits per heavy atom. The summed E-state index contributed by atoms with van der Waals surface area (Å²) in [6, 6.07) is 4.37. The SMILES string of the molecule is CNC(=O)CCOc1ccc([C@@H](C)N)cc1F. The van der Waals surface area contributed by atoms with Crippen molar-refractivity contribution in [1.82, 2.24) is 5.32 Å². The van der Waals surface area contributed by atoms with E-state index in [1.807, 2.05) is 0 Å². The predicted octanol–water partition coefficient (Wildman–Crippen LogP) is 1.36. The van der Waals surface area contributed by atoms with Gasteiger partial charge in [-0.15, -0.1) is 0 Å². The molecular weight excluding hydrogens is 223 g/mol. The number of amides is 1. The first kappa shape index (κ1) is 13.4. The molecule has 1 atom stereocenters. The molecule has 0 bridgehead atoms. The third-order valence-electron chi connectivity index (χ3n) is 2.35. The van der Waals surface area contributed by atoms with Crippen molar-refractivity contribution in [2.24, 2.45) is 5.73 Å². The second-order valence-electron chi connectivity index (χ2n) is 3.75. The molecule has 0 aliphatic heterocycles. The third-order valence-corrected chi connectivity index (χ3v) is 2.35. The van der Waals surface area contributed by atoms with Crippen LogP contribution in [0.2, 0.25) is 0 Å². The first-order chi connectivity index (χ1) is 8.04. The maximum absolute atomic E-state index is 13.5. The molecule has 0 saturated heterocycles. The van der Waals surface area contributed by atoms with E-state index >= 15 is 0 Å². The van der Waals surface area contributed by atoms with Crippen LogP contribution in [0.4, 0.5) is 4.39 Å². The van der Waals surface area contributed by atoms with E-state index in [2.05, 4.69) is 5.32 Å². The monoisotopic (exact) mass is 240 g/mol. The van der Waals surface area contributed by atoms with Crippen LogP contribution in [0.25, 0.3) is 0 Å². The van der Waals surface area contributed by atoms with Crippen LogP contribution in [-0.2, 0) is 4.79 Å². The Morgan fingerprint density at radius 3 is 2.82 bits per heavy atom. The molecule has 1 amide bonds. The highest BCUT2D eigenvalue weighted by Gasteiger charge is 2.07. The van der Waals surface area contributed by atoms with Crippen LogP contribution in [0.5, 0.6) is 5.75 Å². The maximum atomic E-state index is 13.5. The number of hydrogen-bond donors (Lipinski definition) is 2. The molecule has 5 heteroatoms. The van der Waals surface area contributed by atoms with Gasteiger partial charge in [0.05, 0.1) is 13.0 Å². The quantitative estimate of drug-likeness (QED) is 0.816. The number of nitrogens with one attached hydrogen (secondary N) is 1. The molecule has 4 nitrogen and oxygen atoms in total. The third kappa shape index (κ3) is 4.03. The minimum absolute atomic E-state index is 0.137. The van der Waals surface area contributed by atoms with Crippen molar-refractivity contribution in [1.29, 1.82) is 0 Å². The lowest BCUT2D eigenvalue weighted by Gasteiger charge is -2.10. The highest BCUT2D eigenvalue weighted by Crippen LogP contribution is 2.21. The van der Waals surface area contributed by atoms with Crippen molar-refractivity contribution in [2.75, 3.05) is 13.7 Å². The summed E-state index contributed by atoms with van der Waals surface area (Å²) in [6.45, 7) is 1.93. The fraction of sp³-hybridized carbons (Fsp3) is 0.417. The molecule has 0 fully saturated rings. The van der Waals surface area contributed by atoms with Gasteiger partial charge in [0.2, 0.25) is 5.91 Å². The summed E-state index contributed by atoms with van der Waals surface area (Å²) in [5.41, 5.74) is 6.34.